The molecule has 4 nitrogen and oxygen atoms in total. The Labute approximate surface area is 171 Å². The van der Waals surface area contributed by atoms with Gasteiger partial charge < -0.3 is 9.64 Å². The molecule has 150 valence electrons. The van der Waals surface area contributed by atoms with Gasteiger partial charge in [0.05, 0.1) is 12.0 Å². The molecule has 28 heavy (non-hydrogen) atoms. The van der Waals surface area contributed by atoms with Gasteiger partial charge in [-0.2, -0.15) is 0 Å². The minimum atomic E-state index is -0.522. The fourth-order valence-corrected chi connectivity index (χ4v) is 5.04. The highest BCUT2D eigenvalue weighted by Crippen LogP contribution is 2.35. The highest BCUT2D eigenvalue weighted by atomic mass is 32.2. The van der Waals surface area contributed by atoms with Gasteiger partial charge >= 0.3 is 5.97 Å². The third kappa shape index (κ3) is 4.69. The first-order valence-electron chi connectivity index (χ1n) is 9.96. The molecule has 3 rings (SSSR count). The summed E-state index contributed by atoms with van der Waals surface area (Å²) in [6, 6.07) is 13.2. The molecular weight excluding hydrogens is 370 g/mol. The number of esters is 1. The first-order chi connectivity index (χ1) is 13.4. The molecule has 0 radical (unpaired) electrons. The molecule has 0 saturated carbocycles. The lowest BCUT2D eigenvalue weighted by molar-refractivity contribution is -0.149. The predicted octanol–water partition coefficient (Wildman–Crippen LogP) is 4.97. The lowest BCUT2D eigenvalue weighted by atomic mass is 10.0. The number of rotatable bonds is 6. The second-order valence-corrected chi connectivity index (χ2v) is 9.44. The second-order valence-electron chi connectivity index (χ2n) is 8.23. The first-order valence-corrected chi connectivity index (χ1v) is 11.0. The van der Waals surface area contributed by atoms with Gasteiger partial charge in [-0.25, -0.2) is 4.79 Å². The Kier molecular flexibility index (Phi) is 6.65. The van der Waals surface area contributed by atoms with E-state index >= 15 is 0 Å². The van der Waals surface area contributed by atoms with Gasteiger partial charge in [-0.1, -0.05) is 58.0 Å². The minimum Gasteiger partial charge on any atom is -0.464 e. The maximum atomic E-state index is 13.4. The number of carbonyl (C=O) groups excluding carboxylic acids is 2. The van der Waals surface area contributed by atoms with Crippen molar-refractivity contribution in [2.24, 2.45) is 11.8 Å². The van der Waals surface area contributed by atoms with Crippen LogP contribution < -0.4 is 0 Å². The van der Waals surface area contributed by atoms with E-state index in [1.807, 2.05) is 56.3 Å². The zero-order chi connectivity index (χ0) is 20.3. The Morgan fingerprint density at radius 3 is 2.46 bits per heavy atom. The number of nitrogens with zero attached hydrogens (tertiary/aromatic N) is 1. The van der Waals surface area contributed by atoms with Crippen molar-refractivity contribution in [2.75, 3.05) is 12.4 Å². The van der Waals surface area contributed by atoms with Gasteiger partial charge in [-0.15, -0.1) is 11.8 Å². The van der Waals surface area contributed by atoms with Crippen LogP contribution in [0.25, 0.3) is 10.8 Å². The molecule has 1 heterocycles. The zero-order valence-electron chi connectivity index (χ0n) is 17.1. The molecule has 1 aliphatic rings. The van der Waals surface area contributed by atoms with Crippen LogP contribution in [0.1, 0.15) is 44.5 Å². The number of hydrogen-bond donors (Lipinski definition) is 0. The van der Waals surface area contributed by atoms with E-state index in [0.717, 1.165) is 17.2 Å². The van der Waals surface area contributed by atoms with Gasteiger partial charge in [-0.3, -0.25) is 4.79 Å². The summed E-state index contributed by atoms with van der Waals surface area (Å²) in [6.45, 7) is 8.69. The Bertz CT molecular complexity index is 849. The normalized spacial score (nSPS) is 19.6. The highest BCUT2D eigenvalue weighted by Gasteiger charge is 2.42. The standard InChI is InChI=1S/C23H29NO3S/c1-15(2)11-21-24(20(14-28-21)23(26)27-13-16(3)4)22(25)19-10-9-17-7-5-6-8-18(17)12-19/h5-10,12,15-16,20-21H,11,13-14H2,1-4H3. The van der Waals surface area contributed by atoms with Crippen molar-refractivity contribution in [1.82, 2.24) is 4.90 Å². The molecule has 1 aliphatic heterocycles. The topological polar surface area (TPSA) is 46.6 Å². The van der Waals surface area contributed by atoms with Gasteiger partial charge in [0, 0.05) is 11.3 Å². The van der Waals surface area contributed by atoms with E-state index < -0.39 is 6.04 Å². The SMILES string of the molecule is CC(C)COC(=O)C1CSC(CC(C)C)N1C(=O)c1ccc2ccccc2c1. The summed E-state index contributed by atoms with van der Waals surface area (Å²) in [6.07, 6.45) is 0.859. The van der Waals surface area contributed by atoms with E-state index in [2.05, 4.69) is 13.8 Å². The van der Waals surface area contributed by atoms with Crippen LogP contribution >= 0.6 is 11.8 Å². The van der Waals surface area contributed by atoms with Crippen molar-refractivity contribution in [3.05, 3.63) is 48.0 Å². The monoisotopic (exact) mass is 399 g/mol. The average molecular weight is 400 g/mol. The number of hydrogen-bond acceptors (Lipinski definition) is 4. The third-order valence-electron chi connectivity index (χ3n) is 4.83. The molecule has 0 bridgehead atoms. The van der Waals surface area contributed by atoms with Gasteiger partial charge in [0.25, 0.3) is 5.91 Å². The number of fused-ring (bicyclic) bond motifs is 1. The molecule has 2 aromatic carbocycles. The Balaban J connectivity index is 1.88. The highest BCUT2D eigenvalue weighted by molar-refractivity contribution is 8.00. The van der Waals surface area contributed by atoms with Crippen molar-refractivity contribution < 1.29 is 14.3 Å². The molecule has 0 aliphatic carbocycles. The number of amides is 1. The minimum absolute atomic E-state index is 0.00410. The Morgan fingerprint density at radius 2 is 1.79 bits per heavy atom. The Morgan fingerprint density at radius 1 is 1.07 bits per heavy atom. The van der Waals surface area contributed by atoms with Gasteiger partial charge in [-0.05, 0) is 41.2 Å². The van der Waals surface area contributed by atoms with Crippen LogP contribution in [0.4, 0.5) is 0 Å². The summed E-state index contributed by atoms with van der Waals surface area (Å²) in [5.74, 6) is 0.923. The third-order valence-corrected chi connectivity index (χ3v) is 6.14. The maximum absolute atomic E-state index is 13.4. The van der Waals surface area contributed by atoms with Crippen molar-refractivity contribution in [3.8, 4) is 0 Å². The second kappa shape index (κ2) is 8.99. The molecular formula is C23H29NO3S. The molecule has 1 fully saturated rings. The van der Waals surface area contributed by atoms with Crippen LogP contribution in [0, 0.1) is 11.8 Å². The van der Waals surface area contributed by atoms with Crippen LogP contribution in [0.15, 0.2) is 42.5 Å². The molecule has 0 spiro atoms. The van der Waals surface area contributed by atoms with E-state index in [-0.39, 0.29) is 23.2 Å². The van der Waals surface area contributed by atoms with Crippen molar-refractivity contribution in [3.63, 3.8) is 0 Å². The molecule has 5 heteroatoms. The van der Waals surface area contributed by atoms with Gasteiger partial charge in [0.15, 0.2) is 0 Å². The van der Waals surface area contributed by atoms with Crippen LogP contribution in [0.5, 0.6) is 0 Å². The van der Waals surface area contributed by atoms with Gasteiger partial charge in [0.1, 0.15) is 6.04 Å². The molecule has 2 aromatic rings. The molecule has 2 unspecified atom stereocenters. The molecule has 0 N–H and O–H groups in total. The van der Waals surface area contributed by atoms with E-state index in [1.165, 1.54) is 0 Å². The fourth-order valence-electron chi connectivity index (χ4n) is 3.42. The summed E-state index contributed by atoms with van der Waals surface area (Å²) < 4.78 is 5.48. The average Bonchev–Trinajstić information content (AvgIpc) is 3.07. The number of benzene rings is 2. The summed E-state index contributed by atoms with van der Waals surface area (Å²) in [7, 11) is 0. The molecule has 0 aromatic heterocycles. The molecule has 2 atom stereocenters. The summed E-state index contributed by atoms with van der Waals surface area (Å²) in [5, 5.41) is 2.12. The van der Waals surface area contributed by atoms with Crippen molar-refractivity contribution >= 4 is 34.4 Å². The van der Waals surface area contributed by atoms with Crippen LogP contribution in [0.2, 0.25) is 0 Å². The smallest absolute Gasteiger partial charge is 0.329 e. The first kappa shape index (κ1) is 20.7. The summed E-state index contributed by atoms with van der Waals surface area (Å²) in [4.78, 5) is 27.9. The van der Waals surface area contributed by atoms with Crippen molar-refractivity contribution in [1.29, 1.82) is 0 Å². The molecule has 1 saturated heterocycles. The van der Waals surface area contributed by atoms with Gasteiger partial charge in [0.2, 0.25) is 0 Å². The van der Waals surface area contributed by atoms with E-state index in [4.69, 9.17) is 4.74 Å². The van der Waals surface area contributed by atoms with Crippen LogP contribution in [-0.4, -0.2) is 40.6 Å². The quantitative estimate of drug-likeness (QED) is 0.644. The van der Waals surface area contributed by atoms with Crippen LogP contribution in [-0.2, 0) is 9.53 Å². The predicted molar refractivity (Wildman–Crippen MR) is 115 cm³/mol. The maximum Gasteiger partial charge on any atom is 0.329 e. The molecule has 1 amide bonds. The fraction of sp³-hybridized carbons (Fsp3) is 0.478. The van der Waals surface area contributed by atoms with Crippen LogP contribution in [0.3, 0.4) is 0 Å². The summed E-state index contributed by atoms with van der Waals surface area (Å²) in [5.41, 5.74) is 0.622. The number of carbonyl (C=O) groups is 2. The Hall–Kier alpha value is -2.01. The lowest BCUT2D eigenvalue weighted by Crippen LogP contribution is -2.46. The van der Waals surface area contributed by atoms with E-state index in [1.54, 1.807) is 16.7 Å². The number of ether oxygens (including phenoxy) is 1. The zero-order valence-corrected chi connectivity index (χ0v) is 17.9. The number of thioether (sulfide) groups is 1. The van der Waals surface area contributed by atoms with E-state index in [9.17, 15) is 9.59 Å². The lowest BCUT2D eigenvalue weighted by Gasteiger charge is -2.29. The van der Waals surface area contributed by atoms with E-state index in [0.29, 0.717) is 23.8 Å². The van der Waals surface area contributed by atoms with Crippen molar-refractivity contribution in [2.45, 2.75) is 45.5 Å². The largest absolute Gasteiger partial charge is 0.464 e. The summed E-state index contributed by atoms with van der Waals surface area (Å²) >= 11 is 1.68.